The van der Waals surface area contributed by atoms with Gasteiger partial charge in [0.25, 0.3) is 0 Å². The summed E-state index contributed by atoms with van der Waals surface area (Å²) >= 11 is 0. The summed E-state index contributed by atoms with van der Waals surface area (Å²) in [6.07, 6.45) is 3.72. The maximum Gasteiger partial charge on any atom is 0.237 e. The molecule has 1 atom stereocenters. The first-order valence-corrected chi connectivity index (χ1v) is 6.51. The number of piperazine rings is 1. The number of nitrogens with zero attached hydrogens (tertiary/aromatic N) is 3. The van der Waals surface area contributed by atoms with Gasteiger partial charge in [-0.25, -0.2) is 0 Å². The number of nitrogen functional groups attached to an aromatic ring is 1. The number of aromatic nitrogens is 2. The highest BCUT2D eigenvalue weighted by atomic mass is 16.2. The number of carbonyl (C=O) groups is 1. The molecule has 1 aromatic rings. The van der Waals surface area contributed by atoms with E-state index in [4.69, 9.17) is 5.73 Å². The van der Waals surface area contributed by atoms with E-state index in [0.29, 0.717) is 5.82 Å². The Morgan fingerprint density at radius 2 is 2.39 bits per heavy atom. The van der Waals surface area contributed by atoms with E-state index in [1.165, 1.54) is 0 Å². The highest BCUT2D eigenvalue weighted by molar-refractivity contribution is 5.82. The summed E-state index contributed by atoms with van der Waals surface area (Å²) in [5.41, 5.74) is 5.56. The van der Waals surface area contributed by atoms with E-state index in [1.807, 2.05) is 10.9 Å². The number of anilines is 1. The molecule has 2 rings (SSSR count). The van der Waals surface area contributed by atoms with Crippen LogP contribution < -0.4 is 11.1 Å². The molecule has 1 amide bonds. The number of hydrogen-bond acceptors (Lipinski definition) is 4. The number of aryl methyl sites for hydroxylation is 1. The second kappa shape index (κ2) is 5.86. The van der Waals surface area contributed by atoms with E-state index in [2.05, 4.69) is 22.2 Å². The van der Waals surface area contributed by atoms with Crippen molar-refractivity contribution in [3.63, 3.8) is 0 Å². The molecule has 2 heterocycles. The van der Waals surface area contributed by atoms with Crippen molar-refractivity contribution in [1.82, 2.24) is 20.0 Å². The normalized spacial score (nSPS) is 20.9. The third kappa shape index (κ3) is 3.01. The number of hydrogen-bond donors (Lipinski definition) is 2. The van der Waals surface area contributed by atoms with Crippen LogP contribution >= 0.6 is 0 Å². The Morgan fingerprint density at radius 3 is 3.06 bits per heavy atom. The number of nitrogens with two attached hydrogens (primary N) is 1. The molecule has 6 heteroatoms. The van der Waals surface area contributed by atoms with Gasteiger partial charge in [-0.15, -0.1) is 0 Å². The minimum Gasteiger partial charge on any atom is -0.382 e. The Hall–Kier alpha value is -1.56. The van der Waals surface area contributed by atoms with Gasteiger partial charge in [0.1, 0.15) is 5.82 Å². The van der Waals surface area contributed by atoms with Crippen LogP contribution in [0.3, 0.4) is 0 Å². The van der Waals surface area contributed by atoms with Gasteiger partial charge in [-0.3, -0.25) is 14.4 Å². The van der Waals surface area contributed by atoms with Crippen molar-refractivity contribution in [3.8, 4) is 0 Å². The van der Waals surface area contributed by atoms with Gasteiger partial charge >= 0.3 is 0 Å². The van der Waals surface area contributed by atoms with Crippen LogP contribution in [0.5, 0.6) is 0 Å². The summed E-state index contributed by atoms with van der Waals surface area (Å²) in [6.45, 7) is 5.50. The summed E-state index contributed by atoms with van der Waals surface area (Å²) in [5, 5.41) is 7.05. The number of amides is 1. The molecule has 1 aliphatic heterocycles. The van der Waals surface area contributed by atoms with Crippen LogP contribution in [-0.2, 0) is 11.3 Å². The topological polar surface area (TPSA) is 76.2 Å². The molecule has 1 saturated heterocycles. The van der Waals surface area contributed by atoms with E-state index in [0.717, 1.165) is 39.0 Å². The average molecular weight is 251 g/mol. The van der Waals surface area contributed by atoms with Crippen molar-refractivity contribution in [3.05, 3.63) is 12.3 Å². The lowest BCUT2D eigenvalue weighted by atomic mass is 10.1. The maximum atomic E-state index is 11.7. The highest BCUT2D eigenvalue weighted by Crippen LogP contribution is 2.09. The lowest BCUT2D eigenvalue weighted by Gasteiger charge is -2.34. The van der Waals surface area contributed by atoms with E-state index >= 15 is 0 Å². The fraction of sp³-hybridized carbons (Fsp3) is 0.667. The molecule has 1 aromatic heterocycles. The quantitative estimate of drug-likeness (QED) is 0.776. The van der Waals surface area contributed by atoms with Gasteiger partial charge in [0, 0.05) is 32.4 Å². The van der Waals surface area contributed by atoms with E-state index in [1.54, 1.807) is 6.07 Å². The molecular weight excluding hydrogens is 230 g/mol. The summed E-state index contributed by atoms with van der Waals surface area (Å²) in [5.74, 6) is 0.714. The monoisotopic (exact) mass is 251 g/mol. The number of carbonyl (C=O) groups excluding carboxylic acids is 1. The van der Waals surface area contributed by atoms with Gasteiger partial charge in [0.15, 0.2) is 0 Å². The van der Waals surface area contributed by atoms with Crippen molar-refractivity contribution in [2.75, 3.05) is 25.4 Å². The molecule has 1 aliphatic rings. The van der Waals surface area contributed by atoms with Crippen LogP contribution in [0.15, 0.2) is 12.3 Å². The standard InChI is InChI=1S/C12H21N5O/c1-2-10-12(18)14-5-9-16(10)6-3-7-17-8-4-11(13)15-17/h4,8,10H,2-3,5-7,9H2,1H3,(H2,13,15)(H,14,18). The van der Waals surface area contributed by atoms with Crippen molar-refractivity contribution < 1.29 is 4.79 Å². The molecular formula is C12H21N5O. The van der Waals surface area contributed by atoms with Crippen LogP contribution in [0.4, 0.5) is 5.82 Å². The first-order chi connectivity index (χ1) is 8.70. The van der Waals surface area contributed by atoms with Crippen LogP contribution in [0.25, 0.3) is 0 Å². The molecule has 0 spiro atoms. The minimum atomic E-state index is 0.0291. The molecule has 0 saturated carbocycles. The van der Waals surface area contributed by atoms with E-state index in [-0.39, 0.29) is 11.9 Å². The zero-order valence-electron chi connectivity index (χ0n) is 10.8. The molecule has 0 radical (unpaired) electrons. The zero-order chi connectivity index (χ0) is 13.0. The van der Waals surface area contributed by atoms with Gasteiger partial charge in [-0.1, -0.05) is 6.92 Å². The van der Waals surface area contributed by atoms with Crippen molar-refractivity contribution >= 4 is 11.7 Å². The first-order valence-electron chi connectivity index (χ1n) is 6.51. The molecule has 0 aliphatic carbocycles. The molecule has 0 aromatic carbocycles. The maximum absolute atomic E-state index is 11.7. The summed E-state index contributed by atoms with van der Waals surface area (Å²) in [7, 11) is 0. The van der Waals surface area contributed by atoms with Crippen LogP contribution in [0, 0.1) is 0 Å². The van der Waals surface area contributed by atoms with Gasteiger partial charge in [0.2, 0.25) is 5.91 Å². The molecule has 1 unspecified atom stereocenters. The predicted octanol–water partition coefficient (Wildman–Crippen LogP) is 0.0658. The van der Waals surface area contributed by atoms with Crippen LogP contribution in [0.1, 0.15) is 19.8 Å². The number of nitrogens with one attached hydrogen (secondary N) is 1. The SMILES string of the molecule is CCC1C(=O)NCCN1CCCn1ccc(N)n1. The van der Waals surface area contributed by atoms with Crippen molar-refractivity contribution in [1.29, 1.82) is 0 Å². The zero-order valence-corrected chi connectivity index (χ0v) is 10.8. The summed E-state index contributed by atoms with van der Waals surface area (Å²) in [6, 6.07) is 1.82. The first kappa shape index (κ1) is 12.9. The smallest absolute Gasteiger partial charge is 0.237 e. The third-order valence-electron chi connectivity index (χ3n) is 3.32. The fourth-order valence-corrected chi connectivity index (χ4v) is 2.41. The fourth-order valence-electron chi connectivity index (χ4n) is 2.41. The summed E-state index contributed by atoms with van der Waals surface area (Å²) in [4.78, 5) is 13.9. The average Bonchev–Trinajstić information content (AvgIpc) is 2.75. The Balaban J connectivity index is 1.80. The Morgan fingerprint density at radius 1 is 1.56 bits per heavy atom. The van der Waals surface area contributed by atoms with E-state index < -0.39 is 0 Å². The molecule has 6 nitrogen and oxygen atoms in total. The van der Waals surface area contributed by atoms with E-state index in [9.17, 15) is 4.79 Å². The molecule has 1 fully saturated rings. The Kier molecular flexibility index (Phi) is 4.19. The predicted molar refractivity (Wildman–Crippen MR) is 69.9 cm³/mol. The minimum absolute atomic E-state index is 0.0291. The number of rotatable bonds is 5. The Labute approximate surface area is 107 Å². The molecule has 3 N–H and O–H groups in total. The third-order valence-corrected chi connectivity index (χ3v) is 3.32. The highest BCUT2D eigenvalue weighted by Gasteiger charge is 2.27. The molecule has 0 bridgehead atoms. The molecule has 100 valence electrons. The second-order valence-corrected chi connectivity index (χ2v) is 4.61. The Bertz CT molecular complexity index is 403. The van der Waals surface area contributed by atoms with Crippen LogP contribution in [-0.4, -0.2) is 46.3 Å². The second-order valence-electron chi connectivity index (χ2n) is 4.61. The van der Waals surface area contributed by atoms with Crippen molar-refractivity contribution in [2.45, 2.75) is 32.4 Å². The lowest BCUT2D eigenvalue weighted by Crippen LogP contribution is -2.55. The van der Waals surface area contributed by atoms with Crippen LogP contribution in [0.2, 0.25) is 0 Å². The lowest BCUT2D eigenvalue weighted by molar-refractivity contribution is -0.129. The van der Waals surface area contributed by atoms with Gasteiger partial charge < -0.3 is 11.1 Å². The van der Waals surface area contributed by atoms with Gasteiger partial charge in [-0.05, 0) is 18.9 Å². The molecule has 18 heavy (non-hydrogen) atoms. The summed E-state index contributed by atoms with van der Waals surface area (Å²) < 4.78 is 1.85. The van der Waals surface area contributed by atoms with Crippen molar-refractivity contribution in [2.24, 2.45) is 0 Å². The largest absolute Gasteiger partial charge is 0.382 e. The van der Waals surface area contributed by atoms with Gasteiger partial charge in [-0.2, -0.15) is 5.10 Å². The van der Waals surface area contributed by atoms with Gasteiger partial charge in [0.05, 0.1) is 6.04 Å².